The fraction of sp³-hybridized carbons (Fsp3) is 0.435. The number of sulfonamides is 1. The van der Waals surface area contributed by atoms with Gasteiger partial charge in [0.05, 0.1) is 10.6 Å². The number of aryl methyl sites for hydroxylation is 1. The highest BCUT2D eigenvalue weighted by atomic mass is 32.2. The van der Waals surface area contributed by atoms with Gasteiger partial charge >= 0.3 is 0 Å². The van der Waals surface area contributed by atoms with Gasteiger partial charge < -0.3 is 9.90 Å². The van der Waals surface area contributed by atoms with Crippen molar-refractivity contribution in [2.45, 2.75) is 58.3 Å². The number of benzene rings is 2. The first-order valence-electron chi connectivity index (χ1n) is 10.3. The van der Waals surface area contributed by atoms with Crippen LogP contribution in [0.25, 0.3) is 0 Å². The van der Waals surface area contributed by atoms with Crippen molar-refractivity contribution in [2.75, 3.05) is 18.0 Å². The maximum Gasteiger partial charge on any atom is 0.243 e. The van der Waals surface area contributed by atoms with Crippen LogP contribution in [0.5, 0.6) is 0 Å². The van der Waals surface area contributed by atoms with Crippen molar-refractivity contribution >= 4 is 27.5 Å². The molecule has 0 aromatic heterocycles. The summed E-state index contributed by atoms with van der Waals surface area (Å²) in [7, 11) is -3.63. The molecule has 30 heavy (non-hydrogen) atoms. The van der Waals surface area contributed by atoms with Crippen molar-refractivity contribution in [3.63, 3.8) is 0 Å². The van der Waals surface area contributed by atoms with E-state index < -0.39 is 16.1 Å². The van der Waals surface area contributed by atoms with Crippen LogP contribution in [-0.2, 0) is 10.0 Å². The Morgan fingerprint density at radius 3 is 2.03 bits per heavy atom. The van der Waals surface area contributed by atoms with Crippen LogP contribution in [-0.4, -0.2) is 31.9 Å². The van der Waals surface area contributed by atoms with Gasteiger partial charge in [-0.3, -0.25) is 4.90 Å². The molecule has 0 spiro atoms. The van der Waals surface area contributed by atoms with Gasteiger partial charge in [0.15, 0.2) is 0 Å². The second kappa shape index (κ2) is 10.1. The number of amides is 1. The third kappa shape index (κ3) is 5.21. The zero-order valence-electron chi connectivity index (χ0n) is 18.4. The van der Waals surface area contributed by atoms with Crippen LogP contribution in [0, 0.1) is 6.92 Å². The fourth-order valence-corrected chi connectivity index (χ4v) is 5.07. The van der Waals surface area contributed by atoms with E-state index in [2.05, 4.69) is 0 Å². The molecule has 6 nitrogen and oxygen atoms in total. The minimum absolute atomic E-state index is 0.110. The molecule has 2 aromatic rings. The standard InChI is InChI=1S/C23H32N2O4S/c1-6-14-24(15-7-2)30(28,29)20-11-9-19(10-12-20)25(23(26)27)22-16-18(5)8-13-21(22)17(3)4/h8-13,16-17H,6-7,14-15H2,1-5H3,(H,26,27)/p-1. The van der Waals surface area contributed by atoms with E-state index in [1.807, 2.05) is 46.8 Å². The van der Waals surface area contributed by atoms with Crippen LogP contribution in [0.4, 0.5) is 16.2 Å². The highest BCUT2D eigenvalue weighted by Gasteiger charge is 2.24. The number of carboxylic acid groups (broad SMARTS) is 1. The van der Waals surface area contributed by atoms with E-state index in [9.17, 15) is 18.3 Å². The molecular formula is C23H31N2O4S-. The van der Waals surface area contributed by atoms with Crippen molar-refractivity contribution in [1.29, 1.82) is 0 Å². The first-order valence-corrected chi connectivity index (χ1v) is 11.8. The first-order chi connectivity index (χ1) is 14.1. The molecule has 1 amide bonds. The molecule has 0 aliphatic rings. The number of nitrogens with zero attached hydrogens (tertiary/aromatic N) is 2. The maximum absolute atomic E-state index is 13.0. The molecule has 0 aliphatic carbocycles. The van der Waals surface area contributed by atoms with E-state index in [-0.39, 0.29) is 10.8 Å². The van der Waals surface area contributed by atoms with E-state index in [0.717, 1.165) is 28.9 Å². The van der Waals surface area contributed by atoms with Crippen LogP contribution in [0.2, 0.25) is 0 Å². The lowest BCUT2D eigenvalue weighted by atomic mass is 9.98. The van der Waals surface area contributed by atoms with Crippen molar-refractivity contribution in [3.05, 3.63) is 53.6 Å². The molecule has 0 radical (unpaired) electrons. The van der Waals surface area contributed by atoms with Crippen molar-refractivity contribution in [3.8, 4) is 0 Å². The van der Waals surface area contributed by atoms with Crippen molar-refractivity contribution in [2.24, 2.45) is 0 Å². The summed E-state index contributed by atoms with van der Waals surface area (Å²) in [6.45, 7) is 10.7. The summed E-state index contributed by atoms with van der Waals surface area (Å²) in [5.41, 5.74) is 2.67. The highest BCUT2D eigenvalue weighted by molar-refractivity contribution is 7.89. The second-order valence-electron chi connectivity index (χ2n) is 7.72. The molecule has 0 atom stereocenters. The van der Waals surface area contributed by atoms with Crippen molar-refractivity contribution < 1.29 is 18.3 Å². The molecule has 0 saturated heterocycles. The van der Waals surface area contributed by atoms with E-state index in [1.54, 1.807) is 6.07 Å². The Hall–Kier alpha value is -2.38. The summed E-state index contributed by atoms with van der Waals surface area (Å²) >= 11 is 0. The molecule has 0 N–H and O–H groups in total. The zero-order chi connectivity index (χ0) is 22.5. The Morgan fingerprint density at radius 1 is 1.00 bits per heavy atom. The number of hydrogen-bond donors (Lipinski definition) is 0. The summed E-state index contributed by atoms with van der Waals surface area (Å²) in [6, 6.07) is 11.6. The molecule has 7 heteroatoms. The zero-order valence-corrected chi connectivity index (χ0v) is 19.2. The van der Waals surface area contributed by atoms with Gasteiger partial charge in [-0.05, 0) is 67.1 Å². The Balaban J connectivity index is 2.49. The largest absolute Gasteiger partial charge is 0.529 e. The van der Waals surface area contributed by atoms with Crippen LogP contribution in [0.15, 0.2) is 47.4 Å². The molecule has 164 valence electrons. The summed E-state index contributed by atoms with van der Waals surface area (Å²) < 4.78 is 27.4. The molecule has 2 rings (SSSR count). The Kier molecular flexibility index (Phi) is 8.03. The Morgan fingerprint density at radius 2 is 1.57 bits per heavy atom. The van der Waals surface area contributed by atoms with E-state index in [1.165, 1.54) is 28.6 Å². The van der Waals surface area contributed by atoms with Gasteiger partial charge in [-0.1, -0.05) is 39.8 Å². The summed E-state index contributed by atoms with van der Waals surface area (Å²) in [5, 5.41) is 12.0. The number of rotatable bonds is 9. The minimum Gasteiger partial charge on any atom is -0.529 e. The van der Waals surface area contributed by atoms with E-state index in [0.29, 0.717) is 24.5 Å². The average Bonchev–Trinajstić information content (AvgIpc) is 2.68. The molecule has 0 heterocycles. The molecule has 2 aromatic carbocycles. The first kappa shape index (κ1) is 23.9. The SMILES string of the molecule is CCCN(CCC)S(=O)(=O)c1ccc(N(C(=O)[O-])c2cc(C)ccc2C(C)C)cc1. The van der Waals surface area contributed by atoms with Gasteiger partial charge in [0.2, 0.25) is 10.0 Å². The molecular weight excluding hydrogens is 400 g/mol. The van der Waals surface area contributed by atoms with Crippen LogP contribution in [0.3, 0.4) is 0 Å². The minimum atomic E-state index is -3.63. The Bertz CT molecular complexity index is 963. The summed E-state index contributed by atoms with van der Waals surface area (Å²) in [5.74, 6) is 0.110. The normalized spacial score (nSPS) is 11.8. The van der Waals surface area contributed by atoms with Gasteiger partial charge in [-0.15, -0.1) is 0 Å². The Labute approximate surface area is 180 Å². The monoisotopic (exact) mass is 431 g/mol. The predicted octanol–water partition coefficient (Wildman–Crippen LogP) is 4.41. The average molecular weight is 432 g/mol. The molecule has 0 saturated carbocycles. The molecule has 0 aliphatic heterocycles. The summed E-state index contributed by atoms with van der Waals surface area (Å²) in [6.07, 6.45) is 0.0825. The topological polar surface area (TPSA) is 80.8 Å². The van der Waals surface area contributed by atoms with Gasteiger partial charge in [0.25, 0.3) is 0 Å². The van der Waals surface area contributed by atoms with Gasteiger partial charge in [-0.25, -0.2) is 8.42 Å². The lowest BCUT2D eigenvalue weighted by Crippen LogP contribution is -2.38. The summed E-state index contributed by atoms with van der Waals surface area (Å²) in [4.78, 5) is 13.3. The van der Waals surface area contributed by atoms with Gasteiger partial charge in [0.1, 0.15) is 6.09 Å². The van der Waals surface area contributed by atoms with Crippen LogP contribution in [0.1, 0.15) is 57.6 Å². The molecule has 0 unspecified atom stereocenters. The predicted molar refractivity (Wildman–Crippen MR) is 119 cm³/mol. The third-order valence-corrected chi connectivity index (χ3v) is 6.82. The maximum atomic E-state index is 13.0. The van der Waals surface area contributed by atoms with Gasteiger partial charge in [0, 0.05) is 18.8 Å². The third-order valence-electron chi connectivity index (χ3n) is 4.91. The number of anilines is 2. The fourth-order valence-electron chi connectivity index (χ4n) is 3.45. The quantitative estimate of drug-likeness (QED) is 0.589. The van der Waals surface area contributed by atoms with Crippen LogP contribution >= 0.6 is 0 Å². The van der Waals surface area contributed by atoms with Crippen molar-refractivity contribution in [1.82, 2.24) is 4.31 Å². The van der Waals surface area contributed by atoms with E-state index in [4.69, 9.17) is 0 Å². The lowest BCUT2D eigenvalue weighted by molar-refractivity contribution is -0.245. The lowest BCUT2D eigenvalue weighted by Gasteiger charge is -2.29. The highest BCUT2D eigenvalue weighted by Crippen LogP contribution is 2.34. The number of carbonyl (C=O) groups is 1. The second-order valence-corrected chi connectivity index (χ2v) is 9.65. The molecule has 0 bridgehead atoms. The molecule has 0 fully saturated rings. The number of carbonyl (C=O) groups excluding carboxylic acids is 1. The van der Waals surface area contributed by atoms with E-state index >= 15 is 0 Å². The van der Waals surface area contributed by atoms with Crippen LogP contribution < -0.4 is 10.0 Å². The van der Waals surface area contributed by atoms with Gasteiger partial charge in [-0.2, -0.15) is 4.31 Å². The number of hydrogen-bond acceptors (Lipinski definition) is 4. The smallest absolute Gasteiger partial charge is 0.243 e.